The van der Waals surface area contributed by atoms with Gasteiger partial charge in [0.25, 0.3) is 0 Å². The second kappa shape index (κ2) is 8.72. The highest BCUT2D eigenvalue weighted by molar-refractivity contribution is 7.53. The van der Waals surface area contributed by atoms with E-state index < -0.39 is 36.7 Å². The topological polar surface area (TPSA) is 86.6 Å². The SMILES string of the molecule is O=C(NC=Cc1cc(F)cc(C(F)(F)F)c1)C(c1csc2ccc(Cl)cc12)P(=O)(O)O. The van der Waals surface area contributed by atoms with Gasteiger partial charge in [-0.2, -0.15) is 13.2 Å². The molecule has 2 aromatic carbocycles. The van der Waals surface area contributed by atoms with Gasteiger partial charge in [-0.3, -0.25) is 9.36 Å². The Labute approximate surface area is 182 Å². The number of carbonyl (C=O) groups excluding carboxylic acids is 1. The van der Waals surface area contributed by atoms with Crippen LogP contribution in [0.4, 0.5) is 17.6 Å². The van der Waals surface area contributed by atoms with Crippen LogP contribution in [0.5, 0.6) is 0 Å². The van der Waals surface area contributed by atoms with Crippen molar-refractivity contribution in [3.8, 4) is 0 Å². The van der Waals surface area contributed by atoms with Crippen LogP contribution in [0.1, 0.15) is 22.3 Å². The first kappa shape index (κ1) is 23.4. The standard InChI is InChI=1S/C19H13ClF4NO4PS/c20-12-1-2-16-14(8-12)15(9-31-16)17(30(27,28)29)18(26)25-4-3-10-5-11(19(22,23)24)7-13(21)6-10/h1-9,17H,(H,25,26)(H2,27,28,29). The van der Waals surface area contributed by atoms with E-state index in [0.717, 1.165) is 29.7 Å². The number of hydrogen-bond acceptors (Lipinski definition) is 3. The van der Waals surface area contributed by atoms with E-state index in [2.05, 4.69) is 5.32 Å². The quantitative estimate of drug-likeness (QED) is 0.313. The summed E-state index contributed by atoms with van der Waals surface area (Å²) < 4.78 is 64.5. The molecule has 0 aliphatic rings. The molecule has 12 heteroatoms. The van der Waals surface area contributed by atoms with Crippen LogP contribution in [0.2, 0.25) is 5.02 Å². The average molecular weight is 494 g/mol. The van der Waals surface area contributed by atoms with Crippen LogP contribution < -0.4 is 5.32 Å². The van der Waals surface area contributed by atoms with E-state index in [0.29, 0.717) is 27.2 Å². The minimum absolute atomic E-state index is 0.0619. The summed E-state index contributed by atoms with van der Waals surface area (Å²) in [5.41, 5.74) is -3.23. The van der Waals surface area contributed by atoms with Gasteiger partial charge in [-0.25, -0.2) is 4.39 Å². The van der Waals surface area contributed by atoms with E-state index >= 15 is 0 Å². The van der Waals surface area contributed by atoms with Crippen molar-refractivity contribution in [3.05, 3.63) is 75.5 Å². The summed E-state index contributed by atoms with van der Waals surface area (Å²) in [7, 11) is -4.98. The first-order chi connectivity index (χ1) is 14.4. The third-order valence-electron chi connectivity index (χ3n) is 4.19. The zero-order valence-corrected chi connectivity index (χ0v) is 17.7. The molecule has 3 N–H and O–H groups in total. The highest BCUT2D eigenvalue weighted by Crippen LogP contribution is 2.54. The molecule has 0 saturated heterocycles. The number of nitrogens with one attached hydrogen (secondary N) is 1. The number of halogens is 5. The summed E-state index contributed by atoms with van der Waals surface area (Å²) in [6, 6.07) is 6.51. The molecule has 1 heterocycles. The maximum Gasteiger partial charge on any atom is 0.416 e. The van der Waals surface area contributed by atoms with E-state index in [4.69, 9.17) is 11.6 Å². The zero-order chi connectivity index (χ0) is 23.0. The fraction of sp³-hybridized carbons (Fsp3) is 0.105. The van der Waals surface area contributed by atoms with Gasteiger partial charge in [0.15, 0.2) is 5.66 Å². The van der Waals surface area contributed by atoms with E-state index in [1.807, 2.05) is 0 Å². The predicted octanol–water partition coefficient (Wildman–Crippen LogP) is 5.72. The molecule has 0 fully saturated rings. The maximum absolute atomic E-state index is 13.5. The Kier molecular flexibility index (Phi) is 6.59. The minimum Gasteiger partial charge on any atom is -0.332 e. The summed E-state index contributed by atoms with van der Waals surface area (Å²) in [5, 5.41) is 4.27. The lowest BCUT2D eigenvalue weighted by Gasteiger charge is -2.17. The summed E-state index contributed by atoms with van der Waals surface area (Å²) >= 11 is 7.11. The molecule has 3 aromatic rings. The van der Waals surface area contributed by atoms with E-state index in [-0.39, 0.29) is 11.1 Å². The number of alkyl halides is 3. The van der Waals surface area contributed by atoms with Gasteiger partial charge in [-0.15, -0.1) is 11.3 Å². The molecule has 0 spiro atoms. The monoisotopic (exact) mass is 493 g/mol. The maximum atomic E-state index is 13.5. The van der Waals surface area contributed by atoms with Crippen molar-refractivity contribution in [2.75, 3.05) is 0 Å². The van der Waals surface area contributed by atoms with Crippen molar-refractivity contribution in [3.63, 3.8) is 0 Å². The van der Waals surface area contributed by atoms with Crippen molar-refractivity contribution >= 4 is 52.6 Å². The van der Waals surface area contributed by atoms with Gasteiger partial charge in [0.1, 0.15) is 5.82 Å². The summed E-state index contributed by atoms with van der Waals surface area (Å²) in [6.07, 6.45) is -2.89. The first-order valence-electron chi connectivity index (χ1n) is 8.43. The van der Waals surface area contributed by atoms with Crippen molar-refractivity contribution in [1.82, 2.24) is 5.32 Å². The number of hydrogen-bond donors (Lipinski definition) is 3. The molecule has 3 rings (SSSR count). The third kappa shape index (κ3) is 5.53. The fourth-order valence-corrected chi connectivity index (χ4v) is 5.08. The van der Waals surface area contributed by atoms with Gasteiger partial charge in [0, 0.05) is 15.9 Å². The van der Waals surface area contributed by atoms with Gasteiger partial charge in [0.05, 0.1) is 5.56 Å². The van der Waals surface area contributed by atoms with E-state index in [1.165, 1.54) is 11.4 Å². The average Bonchev–Trinajstić information content (AvgIpc) is 3.02. The molecular weight excluding hydrogens is 481 g/mol. The normalized spacial score (nSPS) is 13.6. The Morgan fingerprint density at radius 1 is 1.19 bits per heavy atom. The van der Waals surface area contributed by atoms with Crippen LogP contribution in [0, 0.1) is 5.82 Å². The molecule has 0 bridgehead atoms. The number of rotatable bonds is 5. The molecule has 1 atom stereocenters. The Balaban J connectivity index is 1.88. The molecule has 5 nitrogen and oxygen atoms in total. The number of thiophene rings is 1. The molecule has 0 saturated carbocycles. The van der Waals surface area contributed by atoms with E-state index in [1.54, 1.807) is 12.1 Å². The van der Waals surface area contributed by atoms with Crippen LogP contribution in [-0.2, 0) is 15.5 Å². The van der Waals surface area contributed by atoms with Crippen LogP contribution in [-0.4, -0.2) is 15.7 Å². The molecule has 164 valence electrons. The molecule has 1 unspecified atom stereocenters. The van der Waals surface area contributed by atoms with Gasteiger partial charge in [0.2, 0.25) is 5.91 Å². The first-order valence-corrected chi connectivity index (χ1v) is 11.4. The lowest BCUT2D eigenvalue weighted by molar-refractivity contribution is -0.137. The van der Waals surface area contributed by atoms with Crippen LogP contribution in [0.15, 0.2) is 48.0 Å². The molecule has 1 amide bonds. The largest absolute Gasteiger partial charge is 0.416 e. The molecule has 0 aliphatic heterocycles. The van der Waals surface area contributed by atoms with Crippen molar-refractivity contribution < 1.29 is 36.7 Å². The second-order valence-corrected chi connectivity index (χ2v) is 9.48. The Morgan fingerprint density at radius 2 is 1.90 bits per heavy atom. The summed E-state index contributed by atoms with van der Waals surface area (Å²) in [4.78, 5) is 32.1. The van der Waals surface area contributed by atoms with Gasteiger partial charge < -0.3 is 15.1 Å². The van der Waals surface area contributed by atoms with Gasteiger partial charge >= 0.3 is 13.8 Å². The molecule has 0 aliphatic carbocycles. The van der Waals surface area contributed by atoms with Crippen LogP contribution in [0.25, 0.3) is 16.2 Å². The summed E-state index contributed by atoms with van der Waals surface area (Å²) in [5.74, 6) is -2.22. The molecule has 1 aromatic heterocycles. The van der Waals surface area contributed by atoms with Crippen LogP contribution >= 0.6 is 30.5 Å². The van der Waals surface area contributed by atoms with Gasteiger partial charge in [-0.05, 0) is 64.4 Å². The highest BCUT2D eigenvalue weighted by atomic mass is 35.5. The third-order valence-corrected chi connectivity index (χ3v) is 6.60. The summed E-state index contributed by atoms with van der Waals surface area (Å²) in [6.45, 7) is 0. The highest BCUT2D eigenvalue weighted by Gasteiger charge is 2.38. The number of carbonyl (C=O) groups is 1. The number of benzene rings is 2. The predicted molar refractivity (Wildman–Crippen MR) is 110 cm³/mol. The zero-order valence-electron chi connectivity index (χ0n) is 15.2. The van der Waals surface area contributed by atoms with Crippen molar-refractivity contribution in [2.45, 2.75) is 11.8 Å². The Hall–Kier alpha value is -2.23. The number of fused-ring (bicyclic) bond motifs is 1. The molecular formula is C19H13ClF4NO4PS. The Morgan fingerprint density at radius 3 is 2.55 bits per heavy atom. The smallest absolute Gasteiger partial charge is 0.332 e. The van der Waals surface area contributed by atoms with Gasteiger partial charge in [-0.1, -0.05) is 11.6 Å². The molecule has 31 heavy (non-hydrogen) atoms. The van der Waals surface area contributed by atoms with Crippen molar-refractivity contribution in [1.29, 1.82) is 0 Å². The fourth-order valence-electron chi connectivity index (χ4n) is 2.88. The van der Waals surface area contributed by atoms with E-state index in [9.17, 15) is 36.7 Å². The number of amides is 1. The van der Waals surface area contributed by atoms with Crippen molar-refractivity contribution in [2.24, 2.45) is 0 Å². The second-order valence-electron chi connectivity index (χ2n) is 6.44. The lowest BCUT2D eigenvalue weighted by Crippen LogP contribution is -2.25. The van der Waals surface area contributed by atoms with Crippen LogP contribution in [0.3, 0.4) is 0 Å². The minimum atomic E-state index is -4.98. The molecule has 0 radical (unpaired) electrons. The lowest BCUT2D eigenvalue weighted by atomic mass is 10.1. The Bertz CT molecular complexity index is 1220.